The lowest BCUT2D eigenvalue weighted by Gasteiger charge is -2.11. The van der Waals surface area contributed by atoms with E-state index in [0.29, 0.717) is 0 Å². The van der Waals surface area contributed by atoms with Crippen LogP contribution in [-0.4, -0.2) is 11.2 Å². The first-order valence-corrected chi connectivity index (χ1v) is 2.72. The van der Waals surface area contributed by atoms with Gasteiger partial charge in [-0.15, -0.1) is 0 Å². The Morgan fingerprint density at radius 1 is 1.55 bits per heavy atom. The normalized spacial score (nSPS) is 14.9. The minimum Gasteiger partial charge on any atom is -0.446 e. The van der Waals surface area contributed by atoms with E-state index in [0.717, 1.165) is 12.6 Å². The van der Waals surface area contributed by atoms with E-state index in [9.17, 15) is 13.2 Å². The summed E-state index contributed by atoms with van der Waals surface area (Å²) in [7, 11) is 0. The third kappa shape index (κ3) is 1.70. The van der Waals surface area contributed by atoms with Gasteiger partial charge >= 0.3 is 6.18 Å². The Hall–Kier alpha value is -1.04. The van der Waals surface area contributed by atoms with Crippen LogP contribution < -0.4 is 5.73 Å². The van der Waals surface area contributed by atoms with Crippen molar-refractivity contribution >= 4 is 0 Å². The van der Waals surface area contributed by atoms with Crippen LogP contribution in [0.3, 0.4) is 0 Å². The van der Waals surface area contributed by atoms with Crippen LogP contribution >= 0.6 is 0 Å². The van der Waals surface area contributed by atoms with E-state index in [1.165, 1.54) is 0 Å². The van der Waals surface area contributed by atoms with Crippen molar-refractivity contribution in [3.63, 3.8) is 0 Å². The number of oxazole rings is 1. The predicted octanol–water partition coefficient (Wildman–Crippen LogP) is 1.24. The molecule has 62 valence electrons. The van der Waals surface area contributed by atoms with E-state index in [1.54, 1.807) is 0 Å². The van der Waals surface area contributed by atoms with E-state index in [2.05, 4.69) is 9.40 Å². The van der Waals surface area contributed by atoms with Gasteiger partial charge in [-0.2, -0.15) is 13.2 Å². The molecule has 0 aromatic carbocycles. The Bertz CT molecular complexity index is 218. The smallest absolute Gasteiger partial charge is 0.410 e. The minimum atomic E-state index is -4.47. The molecule has 0 aliphatic carbocycles. The Kier molecular flexibility index (Phi) is 1.86. The van der Waals surface area contributed by atoms with Gasteiger partial charge in [0.25, 0.3) is 0 Å². The van der Waals surface area contributed by atoms with Crippen molar-refractivity contribution < 1.29 is 17.6 Å². The summed E-state index contributed by atoms with van der Waals surface area (Å²) < 4.78 is 39.8. The Morgan fingerprint density at radius 2 is 2.18 bits per heavy atom. The van der Waals surface area contributed by atoms with Crippen molar-refractivity contribution in [1.29, 1.82) is 0 Å². The summed E-state index contributed by atoms with van der Waals surface area (Å²) in [5, 5.41) is 0. The van der Waals surface area contributed by atoms with Crippen LogP contribution in [0.25, 0.3) is 0 Å². The molecule has 3 nitrogen and oxygen atoms in total. The van der Waals surface area contributed by atoms with Crippen LogP contribution in [0.2, 0.25) is 0 Å². The standard InChI is InChI=1S/C5H5F3N2O/c6-5(7,8)4(9)3-1-10-2-11-3/h1-2,4H,9H2. The fourth-order valence-electron chi connectivity index (χ4n) is 0.541. The molecule has 2 N–H and O–H groups in total. The summed E-state index contributed by atoms with van der Waals surface area (Å²) in [6.07, 6.45) is -2.63. The zero-order valence-electron chi connectivity index (χ0n) is 5.30. The molecule has 0 aliphatic heterocycles. The molecule has 0 saturated carbocycles. The summed E-state index contributed by atoms with van der Waals surface area (Å²) in [5.74, 6) is -0.377. The monoisotopic (exact) mass is 166 g/mol. The third-order valence-corrected chi connectivity index (χ3v) is 1.11. The van der Waals surface area contributed by atoms with E-state index < -0.39 is 12.2 Å². The highest BCUT2D eigenvalue weighted by Crippen LogP contribution is 2.29. The van der Waals surface area contributed by atoms with Gasteiger partial charge in [0.15, 0.2) is 12.4 Å². The summed E-state index contributed by atoms with van der Waals surface area (Å²) in [6, 6.07) is -2.08. The fourth-order valence-corrected chi connectivity index (χ4v) is 0.541. The van der Waals surface area contributed by atoms with E-state index in [-0.39, 0.29) is 5.76 Å². The second-order valence-electron chi connectivity index (χ2n) is 1.92. The van der Waals surface area contributed by atoms with Crippen LogP contribution in [0.1, 0.15) is 11.8 Å². The van der Waals surface area contributed by atoms with Crippen LogP contribution in [0, 0.1) is 0 Å². The summed E-state index contributed by atoms with van der Waals surface area (Å²) >= 11 is 0. The molecule has 0 bridgehead atoms. The molecule has 11 heavy (non-hydrogen) atoms. The molecule has 1 heterocycles. The quantitative estimate of drug-likeness (QED) is 0.682. The zero-order chi connectivity index (χ0) is 8.48. The highest BCUT2D eigenvalue weighted by atomic mass is 19.4. The fraction of sp³-hybridized carbons (Fsp3) is 0.400. The maximum atomic E-state index is 11.8. The molecule has 1 rings (SSSR count). The molecular weight excluding hydrogens is 161 g/mol. The first kappa shape index (κ1) is 8.06. The van der Waals surface area contributed by atoms with Crippen LogP contribution in [0.15, 0.2) is 17.0 Å². The van der Waals surface area contributed by atoms with Gasteiger partial charge < -0.3 is 10.2 Å². The molecule has 0 spiro atoms. The van der Waals surface area contributed by atoms with Crippen molar-refractivity contribution in [2.45, 2.75) is 12.2 Å². The Balaban J connectivity index is 2.78. The predicted molar refractivity (Wildman–Crippen MR) is 29.5 cm³/mol. The van der Waals surface area contributed by atoms with Crippen molar-refractivity contribution in [2.75, 3.05) is 0 Å². The lowest BCUT2D eigenvalue weighted by atomic mass is 10.2. The van der Waals surface area contributed by atoms with Crippen molar-refractivity contribution in [3.8, 4) is 0 Å². The zero-order valence-corrected chi connectivity index (χ0v) is 5.30. The number of nitrogens with two attached hydrogens (primary N) is 1. The van der Waals surface area contributed by atoms with Crippen molar-refractivity contribution in [3.05, 3.63) is 18.4 Å². The molecule has 0 amide bonds. The summed E-state index contributed by atoms with van der Waals surface area (Å²) in [5.41, 5.74) is 4.76. The lowest BCUT2D eigenvalue weighted by Crippen LogP contribution is -2.27. The summed E-state index contributed by atoms with van der Waals surface area (Å²) in [4.78, 5) is 3.31. The molecule has 1 atom stereocenters. The summed E-state index contributed by atoms with van der Waals surface area (Å²) in [6.45, 7) is 0. The van der Waals surface area contributed by atoms with Gasteiger partial charge in [-0.3, -0.25) is 0 Å². The van der Waals surface area contributed by atoms with Gasteiger partial charge in [-0.1, -0.05) is 0 Å². The number of hydrogen-bond acceptors (Lipinski definition) is 3. The topological polar surface area (TPSA) is 52.0 Å². The molecule has 0 aliphatic rings. The first-order valence-electron chi connectivity index (χ1n) is 2.72. The minimum absolute atomic E-state index is 0.377. The van der Waals surface area contributed by atoms with Gasteiger partial charge in [0.2, 0.25) is 0 Å². The number of aromatic nitrogens is 1. The number of rotatable bonds is 1. The Labute approximate surface area is 60.0 Å². The van der Waals surface area contributed by atoms with Crippen LogP contribution in [-0.2, 0) is 0 Å². The van der Waals surface area contributed by atoms with Gasteiger partial charge in [0.1, 0.15) is 5.76 Å². The van der Waals surface area contributed by atoms with E-state index >= 15 is 0 Å². The van der Waals surface area contributed by atoms with Crippen molar-refractivity contribution in [2.24, 2.45) is 5.73 Å². The highest BCUT2D eigenvalue weighted by molar-refractivity contribution is 4.99. The van der Waals surface area contributed by atoms with Crippen molar-refractivity contribution in [1.82, 2.24) is 4.98 Å². The third-order valence-electron chi connectivity index (χ3n) is 1.11. The Morgan fingerprint density at radius 3 is 2.55 bits per heavy atom. The molecule has 1 unspecified atom stereocenters. The molecule has 6 heteroatoms. The number of hydrogen-bond donors (Lipinski definition) is 1. The largest absolute Gasteiger partial charge is 0.446 e. The number of alkyl halides is 3. The second-order valence-corrected chi connectivity index (χ2v) is 1.92. The van der Waals surface area contributed by atoms with Gasteiger partial charge in [-0.05, 0) is 0 Å². The second kappa shape index (κ2) is 2.54. The molecule has 0 radical (unpaired) electrons. The molecule has 0 saturated heterocycles. The van der Waals surface area contributed by atoms with Gasteiger partial charge in [0.05, 0.1) is 6.20 Å². The van der Waals surface area contributed by atoms with Gasteiger partial charge in [0, 0.05) is 0 Å². The molecule has 1 aromatic heterocycles. The van der Waals surface area contributed by atoms with E-state index in [4.69, 9.17) is 5.73 Å². The van der Waals surface area contributed by atoms with Crippen LogP contribution in [0.4, 0.5) is 13.2 Å². The number of halogens is 3. The lowest BCUT2D eigenvalue weighted by molar-refractivity contribution is -0.152. The average Bonchev–Trinajstić information content (AvgIpc) is 2.34. The molecule has 0 fully saturated rings. The number of nitrogens with zero attached hydrogens (tertiary/aromatic N) is 1. The average molecular weight is 166 g/mol. The highest BCUT2D eigenvalue weighted by Gasteiger charge is 2.39. The molecular formula is C5H5F3N2O. The SMILES string of the molecule is NC(c1cnco1)C(F)(F)F. The maximum absolute atomic E-state index is 11.8. The maximum Gasteiger partial charge on any atom is 0.410 e. The molecule has 1 aromatic rings. The van der Waals surface area contributed by atoms with Gasteiger partial charge in [-0.25, -0.2) is 4.98 Å². The van der Waals surface area contributed by atoms with E-state index in [1.807, 2.05) is 0 Å². The first-order chi connectivity index (χ1) is 5.02. The van der Waals surface area contributed by atoms with Crippen LogP contribution in [0.5, 0.6) is 0 Å².